The van der Waals surface area contributed by atoms with Crippen LogP contribution < -0.4 is 9.64 Å². The van der Waals surface area contributed by atoms with Gasteiger partial charge in [-0.2, -0.15) is 13.2 Å². The molecule has 0 bridgehead atoms. The summed E-state index contributed by atoms with van der Waals surface area (Å²) in [6.45, 7) is 2.17. The van der Waals surface area contributed by atoms with Gasteiger partial charge in [-0.15, -0.1) is 0 Å². The number of amides is 1. The fourth-order valence-electron chi connectivity index (χ4n) is 4.31. The van der Waals surface area contributed by atoms with E-state index >= 15 is 0 Å². The van der Waals surface area contributed by atoms with Crippen LogP contribution >= 0.6 is 0 Å². The summed E-state index contributed by atoms with van der Waals surface area (Å²) >= 11 is 0. The largest absolute Gasteiger partial charge is 0.490 e. The van der Waals surface area contributed by atoms with Crippen LogP contribution in [0.15, 0.2) is 42.6 Å². The number of carbonyl (C=O) groups is 1. The van der Waals surface area contributed by atoms with Gasteiger partial charge in [0, 0.05) is 38.8 Å². The Kier molecular flexibility index (Phi) is 6.86. The van der Waals surface area contributed by atoms with Gasteiger partial charge in [0.25, 0.3) is 0 Å². The zero-order valence-corrected chi connectivity index (χ0v) is 18.0. The first-order chi connectivity index (χ1) is 15.4. The van der Waals surface area contributed by atoms with E-state index in [0.717, 1.165) is 36.4 Å². The molecule has 1 saturated heterocycles. The van der Waals surface area contributed by atoms with E-state index in [-0.39, 0.29) is 5.91 Å². The van der Waals surface area contributed by atoms with Crippen LogP contribution in [0.5, 0.6) is 5.75 Å². The molecule has 32 heavy (non-hydrogen) atoms. The van der Waals surface area contributed by atoms with Crippen molar-refractivity contribution >= 4 is 11.7 Å². The smallest absolute Gasteiger partial charge is 0.417 e. The van der Waals surface area contributed by atoms with Crippen LogP contribution in [0.2, 0.25) is 0 Å². The summed E-state index contributed by atoms with van der Waals surface area (Å²) in [4.78, 5) is 20.3. The van der Waals surface area contributed by atoms with Gasteiger partial charge in [0.2, 0.25) is 5.91 Å². The van der Waals surface area contributed by atoms with Crippen molar-refractivity contribution in [3.05, 3.63) is 53.7 Å². The minimum absolute atomic E-state index is 0.0899. The lowest BCUT2D eigenvalue weighted by Crippen LogP contribution is -2.49. The first-order valence-electron chi connectivity index (χ1n) is 11.2. The van der Waals surface area contributed by atoms with Crippen molar-refractivity contribution in [1.82, 2.24) is 9.88 Å². The third-order valence-corrected chi connectivity index (χ3v) is 6.16. The van der Waals surface area contributed by atoms with Crippen molar-refractivity contribution in [1.29, 1.82) is 0 Å². The van der Waals surface area contributed by atoms with E-state index in [1.807, 2.05) is 34.1 Å². The van der Waals surface area contributed by atoms with Crippen LogP contribution in [0.3, 0.4) is 0 Å². The van der Waals surface area contributed by atoms with Gasteiger partial charge in [-0.05, 0) is 61.9 Å². The summed E-state index contributed by atoms with van der Waals surface area (Å²) < 4.78 is 44.2. The second-order valence-corrected chi connectivity index (χ2v) is 8.44. The summed E-state index contributed by atoms with van der Waals surface area (Å²) in [6.07, 6.45) is 2.51. The molecule has 172 valence electrons. The van der Waals surface area contributed by atoms with Crippen molar-refractivity contribution in [3.8, 4) is 5.75 Å². The Labute approximate surface area is 186 Å². The Hall–Kier alpha value is -2.77. The highest BCUT2D eigenvalue weighted by Gasteiger charge is 2.31. The van der Waals surface area contributed by atoms with Crippen molar-refractivity contribution < 1.29 is 22.7 Å². The molecular weight excluding hydrogens is 419 g/mol. The molecule has 0 spiro atoms. The average Bonchev–Trinajstić information content (AvgIpc) is 3.30. The van der Waals surface area contributed by atoms with Gasteiger partial charge in [0.1, 0.15) is 11.6 Å². The SMILES string of the molecule is O=C(CCc1cccc(OC2CCCC2)c1)N1CCN(c2ccc(C(F)(F)F)cn2)CC1. The van der Waals surface area contributed by atoms with Crippen molar-refractivity contribution in [2.24, 2.45) is 0 Å². The van der Waals surface area contributed by atoms with Crippen molar-refractivity contribution in [3.63, 3.8) is 0 Å². The van der Waals surface area contributed by atoms with Gasteiger partial charge in [-0.1, -0.05) is 12.1 Å². The van der Waals surface area contributed by atoms with Gasteiger partial charge in [-0.3, -0.25) is 4.79 Å². The van der Waals surface area contributed by atoms with Gasteiger partial charge < -0.3 is 14.5 Å². The predicted molar refractivity (Wildman–Crippen MR) is 116 cm³/mol. The standard InChI is InChI=1S/C24H28F3N3O2/c25-24(26,27)19-9-10-22(28-17-19)29-12-14-30(15-13-29)23(31)11-8-18-4-3-7-21(16-18)32-20-5-1-2-6-20/h3-4,7,9-10,16-17,20H,1-2,5-6,8,11-15H2. The quantitative estimate of drug-likeness (QED) is 0.644. The Morgan fingerprint density at radius 2 is 1.81 bits per heavy atom. The summed E-state index contributed by atoms with van der Waals surface area (Å²) in [5.74, 6) is 1.47. The molecule has 1 amide bonds. The predicted octanol–water partition coefficient (Wildman–Crippen LogP) is 4.70. The number of nitrogens with zero attached hydrogens (tertiary/aromatic N) is 3. The number of alkyl halides is 3. The fraction of sp³-hybridized carbons (Fsp3) is 0.500. The second kappa shape index (κ2) is 9.79. The summed E-state index contributed by atoms with van der Waals surface area (Å²) in [5.41, 5.74) is 0.328. The number of pyridine rings is 1. The molecule has 1 aromatic heterocycles. The van der Waals surface area contributed by atoms with E-state index in [1.54, 1.807) is 0 Å². The molecule has 0 radical (unpaired) electrons. The number of hydrogen-bond donors (Lipinski definition) is 0. The molecule has 0 N–H and O–H groups in total. The number of halogens is 3. The van der Waals surface area contributed by atoms with Crippen LogP contribution in [0.1, 0.15) is 43.2 Å². The number of ether oxygens (including phenoxy) is 1. The van der Waals surface area contributed by atoms with Crippen LogP contribution in [0.4, 0.5) is 19.0 Å². The van der Waals surface area contributed by atoms with E-state index in [9.17, 15) is 18.0 Å². The zero-order valence-electron chi connectivity index (χ0n) is 18.0. The Morgan fingerprint density at radius 1 is 1.06 bits per heavy atom. The topological polar surface area (TPSA) is 45.7 Å². The molecule has 2 aliphatic rings. The summed E-state index contributed by atoms with van der Waals surface area (Å²) in [6, 6.07) is 10.4. The number of rotatable bonds is 6. The molecule has 1 aromatic carbocycles. The number of benzene rings is 1. The number of carbonyl (C=O) groups excluding carboxylic acids is 1. The highest BCUT2D eigenvalue weighted by molar-refractivity contribution is 5.76. The van der Waals surface area contributed by atoms with E-state index in [1.165, 1.54) is 18.9 Å². The lowest BCUT2D eigenvalue weighted by Gasteiger charge is -2.35. The van der Waals surface area contributed by atoms with Crippen molar-refractivity contribution in [2.75, 3.05) is 31.1 Å². The number of piperazine rings is 1. The third kappa shape index (κ3) is 5.72. The first-order valence-corrected chi connectivity index (χ1v) is 11.2. The molecular formula is C24H28F3N3O2. The normalized spacial score (nSPS) is 17.6. The molecule has 4 rings (SSSR count). The zero-order chi connectivity index (χ0) is 22.6. The van der Waals surface area contributed by atoms with E-state index in [0.29, 0.717) is 50.9 Å². The van der Waals surface area contributed by atoms with Crippen molar-refractivity contribution in [2.45, 2.75) is 50.8 Å². The molecule has 0 atom stereocenters. The summed E-state index contributed by atoms with van der Waals surface area (Å²) in [5, 5.41) is 0. The van der Waals surface area contributed by atoms with Crippen LogP contribution in [0.25, 0.3) is 0 Å². The molecule has 2 heterocycles. The number of anilines is 1. The van der Waals surface area contributed by atoms with E-state index < -0.39 is 11.7 Å². The van der Waals surface area contributed by atoms with Crippen LogP contribution in [0, 0.1) is 0 Å². The van der Waals surface area contributed by atoms with E-state index in [2.05, 4.69) is 4.98 Å². The maximum Gasteiger partial charge on any atom is 0.417 e. The molecule has 5 nitrogen and oxygen atoms in total. The van der Waals surface area contributed by atoms with Crippen LogP contribution in [-0.4, -0.2) is 48.1 Å². The second-order valence-electron chi connectivity index (χ2n) is 8.44. The first kappa shape index (κ1) is 22.4. The fourth-order valence-corrected chi connectivity index (χ4v) is 4.31. The highest BCUT2D eigenvalue weighted by Crippen LogP contribution is 2.29. The number of aryl methyl sites for hydroxylation is 1. The minimum Gasteiger partial charge on any atom is -0.490 e. The molecule has 8 heteroatoms. The molecule has 1 aliphatic carbocycles. The summed E-state index contributed by atoms with van der Waals surface area (Å²) in [7, 11) is 0. The number of aromatic nitrogens is 1. The van der Waals surface area contributed by atoms with Gasteiger partial charge in [-0.25, -0.2) is 4.98 Å². The molecule has 0 unspecified atom stereocenters. The van der Waals surface area contributed by atoms with E-state index in [4.69, 9.17) is 4.74 Å². The molecule has 2 fully saturated rings. The minimum atomic E-state index is -4.39. The third-order valence-electron chi connectivity index (χ3n) is 6.16. The van der Waals surface area contributed by atoms with Gasteiger partial charge in [0.15, 0.2) is 0 Å². The molecule has 1 saturated carbocycles. The van der Waals surface area contributed by atoms with Gasteiger partial charge >= 0.3 is 6.18 Å². The highest BCUT2D eigenvalue weighted by atomic mass is 19.4. The Balaban J connectivity index is 1.24. The number of hydrogen-bond acceptors (Lipinski definition) is 4. The lowest BCUT2D eigenvalue weighted by atomic mass is 10.1. The Morgan fingerprint density at radius 3 is 2.47 bits per heavy atom. The van der Waals surface area contributed by atoms with Gasteiger partial charge in [0.05, 0.1) is 11.7 Å². The monoisotopic (exact) mass is 447 g/mol. The van der Waals surface area contributed by atoms with Crippen LogP contribution in [-0.2, 0) is 17.4 Å². The average molecular weight is 448 g/mol. The maximum absolute atomic E-state index is 12.7. The maximum atomic E-state index is 12.7. The Bertz CT molecular complexity index is 903. The molecule has 2 aromatic rings. The molecule has 1 aliphatic heterocycles. The lowest BCUT2D eigenvalue weighted by molar-refractivity contribution is -0.137.